The van der Waals surface area contributed by atoms with E-state index in [-0.39, 0.29) is 11.8 Å². The highest BCUT2D eigenvalue weighted by atomic mass is 16.2. The number of benzene rings is 2. The lowest BCUT2D eigenvalue weighted by atomic mass is 10.1. The van der Waals surface area contributed by atoms with Crippen molar-refractivity contribution in [3.63, 3.8) is 0 Å². The first kappa shape index (κ1) is 18.0. The molecule has 0 saturated heterocycles. The van der Waals surface area contributed by atoms with Gasteiger partial charge in [-0.25, -0.2) is 5.43 Å². The number of pyridine rings is 1. The first-order valence-corrected chi connectivity index (χ1v) is 8.33. The molecule has 0 aliphatic carbocycles. The number of anilines is 1. The van der Waals surface area contributed by atoms with Gasteiger partial charge in [-0.05, 0) is 49.4 Å². The maximum Gasteiger partial charge on any atom is 0.271 e. The molecule has 0 atom stereocenters. The molecule has 2 N–H and O–H groups in total. The van der Waals surface area contributed by atoms with Gasteiger partial charge in [0.15, 0.2) is 0 Å². The van der Waals surface area contributed by atoms with Crippen LogP contribution in [-0.4, -0.2) is 23.0 Å². The Bertz CT molecular complexity index is 967. The Morgan fingerprint density at radius 3 is 2.48 bits per heavy atom. The zero-order valence-corrected chi connectivity index (χ0v) is 14.7. The highest BCUT2D eigenvalue weighted by molar-refractivity contribution is 6.04. The van der Waals surface area contributed by atoms with E-state index in [1.165, 1.54) is 6.21 Å². The van der Waals surface area contributed by atoms with Crippen LogP contribution < -0.4 is 10.7 Å². The molecule has 2 aromatic carbocycles. The molecule has 3 rings (SSSR count). The molecular weight excluding hydrogens is 340 g/mol. The summed E-state index contributed by atoms with van der Waals surface area (Å²) in [6.07, 6.45) is 4.82. The summed E-state index contributed by atoms with van der Waals surface area (Å²) >= 11 is 0. The molecule has 0 saturated carbocycles. The molecule has 1 heterocycles. The van der Waals surface area contributed by atoms with Gasteiger partial charge in [-0.3, -0.25) is 14.6 Å². The molecule has 6 nitrogen and oxygen atoms in total. The lowest BCUT2D eigenvalue weighted by molar-refractivity contribution is 0.0954. The summed E-state index contributed by atoms with van der Waals surface area (Å²) in [7, 11) is 0. The normalized spacial score (nSPS) is 10.6. The number of nitrogens with one attached hydrogen (secondary N) is 2. The number of hydrogen-bond donors (Lipinski definition) is 2. The molecule has 1 aromatic heterocycles. The highest BCUT2D eigenvalue weighted by Crippen LogP contribution is 2.12. The molecular formula is C21H18N4O2. The minimum absolute atomic E-state index is 0.197. The first-order chi connectivity index (χ1) is 13.1. The molecule has 6 heteroatoms. The van der Waals surface area contributed by atoms with Crippen LogP contribution in [0.15, 0.2) is 78.2 Å². The second-order valence-corrected chi connectivity index (χ2v) is 5.89. The third kappa shape index (κ3) is 5.09. The van der Waals surface area contributed by atoms with Crippen molar-refractivity contribution in [2.45, 2.75) is 6.92 Å². The van der Waals surface area contributed by atoms with Crippen LogP contribution in [0.5, 0.6) is 0 Å². The Morgan fingerprint density at radius 2 is 1.78 bits per heavy atom. The van der Waals surface area contributed by atoms with E-state index in [9.17, 15) is 9.59 Å². The Labute approximate surface area is 157 Å². The molecule has 134 valence electrons. The number of aryl methyl sites for hydroxylation is 1. The molecule has 3 aromatic rings. The molecule has 0 radical (unpaired) electrons. The Kier molecular flexibility index (Phi) is 5.69. The van der Waals surface area contributed by atoms with Gasteiger partial charge in [0.05, 0.1) is 6.21 Å². The van der Waals surface area contributed by atoms with Crippen LogP contribution in [0.2, 0.25) is 0 Å². The van der Waals surface area contributed by atoms with Crippen LogP contribution >= 0.6 is 0 Å². The quantitative estimate of drug-likeness (QED) is 0.541. The van der Waals surface area contributed by atoms with Gasteiger partial charge >= 0.3 is 0 Å². The molecule has 0 spiro atoms. The van der Waals surface area contributed by atoms with Gasteiger partial charge in [0, 0.05) is 34.8 Å². The minimum Gasteiger partial charge on any atom is -0.322 e. The topological polar surface area (TPSA) is 83.5 Å². The van der Waals surface area contributed by atoms with Crippen molar-refractivity contribution in [2.75, 3.05) is 5.32 Å². The number of hydrazone groups is 1. The Hall–Kier alpha value is -3.80. The third-order valence-corrected chi connectivity index (χ3v) is 3.75. The van der Waals surface area contributed by atoms with Crippen molar-refractivity contribution in [3.8, 4) is 0 Å². The Balaban J connectivity index is 1.58. The zero-order valence-electron chi connectivity index (χ0n) is 14.7. The molecule has 27 heavy (non-hydrogen) atoms. The predicted molar refractivity (Wildman–Crippen MR) is 105 cm³/mol. The van der Waals surface area contributed by atoms with Crippen molar-refractivity contribution >= 4 is 23.7 Å². The van der Waals surface area contributed by atoms with Crippen LogP contribution in [-0.2, 0) is 0 Å². The van der Waals surface area contributed by atoms with Crippen LogP contribution in [0.3, 0.4) is 0 Å². The minimum atomic E-state index is -0.341. The van der Waals surface area contributed by atoms with E-state index in [0.717, 1.165) is 11.1 Å². The maximum atomic E-state index is 12.2. The Morgan fingerprint density at radius 1 is 0.963 bits per heavy atom. The van der Waals surface area contributed by atoms with Crippen molar-refractivity contribution in [1.29, 1.82) is 0 Å². The van der Waals surface area contributed by atoms with E-state index >= 15 is 0 Å². The van der Waals surface area contributed by atoms with E-state index in [2.05, 4.69) is 20.8 Å². The van der Waals surface area contributed by atoms with Gasteiger partial charge in [0.25, 0.3) is 11.8 Å². The van der Waals surface area contributed by atoms with Crippen LogP contribution in [0.25, 0.3) is 0 Å². The second-order valence-electron chi connectivity index (χ2n) is 5.89. The first-order valence-electron chi connectivity index (χ1n) is 8.33. The summed E-state index contributed by atoms with van der Waals surface area (Å²) in [5, 5.41) is 6.71. The number of rotatable bonds is 5. The van der Waals surface area contributed by atoms with Crippen molar-refractivity contribution in [1.82, 2.24) is 10.4 Å². The number of nitrogens with zero attached hydrogens (tertiary/aromatic N) is 2. The van der Waals surface area contributed by atoms with Crippen molar-refractivity contribution in [2.24, 2.45) is 5.10 Å². The summed E-state index contributed by atoms with van der Waals surface area (Å²) in [4.78, 5) is 28.3. The van der Waals surface area contributed by atoms with Crippen LogP contribution in [0.4, 0.5) is 5.69 Å². The number of carbonyl (C=O) groups excluding carboxylic acids is 2. The van der Waals surface area contributed by atoms with Crippen molar-refractivity contribution < 1.29 is 9.59 Å². The summed E-state index contributed by atoms with van der Waals surface area (Å²) < 4.78 is 0. The van der Waals surface area contributed by atoms with Crippen LogP contribution in [0, 0.1) is 6.92 Å². The molecule has 0 unspecified atom stereocenters. The van der Waals surface area contributed by atoms with E-state index in [4.69, 9.17) is 0 Å². The summed E-state index contributed by atoms with van der Waals surface area (Å²) in [5.41, 5.74) is 5.88. The van der Waals surface area contributed by atoms with Gasteiger partial charge < -0.3 is 5.32 Å². The number of carbonyl (C=O) groups is 2. The van der Waals surface area contributed by atoms with Gasteiger partial charge in [0.2, 0.25) is 0 Å². The number of aromatic nitrogens is 1. The van der Waals surface area contributed by atoms with Gasteiger partial charge in [-0.2, -0.15) is 5.10 Å². The largest absolute Gasteiger partial charge is 0.322 e. The molecule has 2 amide bonds. The summed E-state index contributed by atoms with van der Waals surface area (Å²) in [6, 6.07) is 17.6. The zero-order chi connectivity index (χ0) is 19.1. The highest BCUT2D eigenvalue weighted by Gasteiger charge is 2.08. The van der Waals surface area contributed by atoms with Crippen LogP contribution in [0.1, 0.15) is 31.8 Å². The lowest BCUT2D eigenvalue weighted by Crippen LogP contribution is -2.18. The van der Waals surface area contributed by atoms with E-state index < -0.39 is 0 Å². The van der Waals surface area contributed by atoms with Crippen molar-refractivity contribution in [3.05, 3.63) is 95.3 Å². The third-order valence-electron chi connectivity index (χ3n) is 3.75. The summed E-state index contributed by atoms with van der Waals surface area (Å²) in [5.74, 6) is -0.538. The molecule has 0 fully saturated rings. The fourth-order valence-electron chi connectivity index (χ4n) is 2.38. The monoisotopic (exact) mass is 358 g/mol. The maximum absolute atomic E-state index is 12.2. The average Bonchev–Trinajstić information content (AvgIpc) is 2.69. The predicted octanol–water partition coefficient (Wildman–Crippen LogP) is 3.41. The van der Waals surface area contributed by atoms with Gasteiger partial charge in [-0.1, -0.05) is 23.8 Å². The molecule has 0 aliphatic heterocycles. The second kappa shape index (κ2) is 8.53. The van der Waals surface area contributed by atoms with E-state index in [0.29, 0.717) is 16.8 Å². The smallest absolute Gasteiger partial charge is 0.271 e. The number of hydrogen-bond acceptors (Lipinski definition) is 4. The number of amides is 2. The summed E-state index contributed by atoms with van der Waals surface area (Å²) in [6.45, 7) is 1.93. The average molecular weight is 358 g/mol. The standard InChI is InChI=1S/C21H18N4O2/c1-15-4-2-6-18(12-15)20(26)24-19-9-7-17(8-10-19)21(27)25-23-14-16-5-3-11-22-13-16/h2-14H,1H3,(H,24,26)(H,25,27)/b23-14-. The SMILES string of the molecule is Cc1cccc(C(=O)Nc2ccc(C(=O)N/N=C\c3cccnc3)cc2)c1. The molecule has 0 aliphatic rings. The fraction of sp³-hybridized carbons (Fsp3) is 0.0476. The van der Waals surface area contributed by atoms with Gasteiger partial charge in [0.1, 0.15) is 0 Å². The van der Waals surface area contributed by atoms with E-state index in [1.807, 2.05) is 31.2 Å². The van der Waals surface area contributed by atoms with E-state index in [1.54, 1.807) is 48.8 Å². The van der Waals surface area contributed by atoms with Gasteiger partial charge in [-0.15, -0.1) is 0 Å². The lowest BCUT2D eigenvalue weighted by Gasteiger charge is -2.07. The molecule has 0 bridgehead atoms. The fourth-order valence-corrected chi connectivity index (χ4v) is 2.38.